The van der Waals surface area contributed by atoms with Gasteiger partial charge < -0.3 is 4.74 Å². The quantitative estimate of drug-likeness (QED) is 0.746. The molecule has 3 unspecified atom stereocenters. The van der Waals surface area contributed by atoms with Crippen molar-refractivity contribution in [3.63, 3.8) is 0 Å². The zero-order valence-corrected chi connectivity index (χ0v) is 12.5. The van der Waals surface area contributed by atoms with Gasteiger partial charge in [-0.2, -0.15) is 0 Å². The van der Waals surface area contributed by atoms with Crippen molar-refractivity contribution in [2.75, 3.05) is 6.54 Å². The maximum atomic E-state index is 12.1. The molecule has 1 aromatic rings. The molecule has 1 aromatic carbocycles. The molecule has 3 aliphatic heterocycles. The normalized spacial score (nSPS) is 36.3. The molecule has 3 heterocycles. The van der Waals surface area contributed by atoms with E-state index in [1.165, 1.54) is 24.0 Å². The van der Waals surface area contributed by atoms with E-state index in [2.05, 4.69) is 35.2 Å². The molecule has 0 radical (unpaired) electrons. The van der Waals surface area contributed by atoms with E-state index in [0.717, 1.165) is 25.0 Å². The summed E-state index contributed by atoms with van der Waals surface area (Å²) < 4.78 is 5.95. The first-order valence-corrected chi connectivity index (χ1v) is 8.26. The van der Waals surface area contributed by atoms with Crippen LogP contribution < -0.4 is 0 Å². The number of ether oxygens (including phenoxy) is 1. The highest BCUT2D eigenvalue weighted by Crippen LogP contribution is 2.55. The molecule has 0 amide bonds. The fourth-order valence-electron chi connectivity index (χ4n) is 4.93. The summed E-state index contributed by atoms with van der Waals surface area (Å²) in [7, 11) is 0. The van der Waals surface area contributed by atoms with Crippen LogP contribution in [0, 0.1) is 0 Å². The molecule has 3 atom stereocenters. The lowest BCUT2D eigenvalue weighted by molar-refractivity contribution is -0.148. The van der Waals surface area contributed by atoms with Crippen LogP contribution >= 0.6 is 0 Å². The summed E-state index contributed by atoms with van der Waals surface area (Å²) in [6.07, 6.45) is 8.67. The summed E-state index contributed by atoms with van der Waals surface area (Å²) in [6, 6.07) is 11.2. The molecular weight excluding hydrogens is 274 g/mol. The Balaban J connectivity index is 1.69. The first-order chi connectivity index (χ1) is 10.8. The second kappa shape index (κ2) is 4.32. The van der Waals surface area contributed by atoms with Gasteiger partial charge in [0.05, 0.1) is 6.04 Å². The maximum absolute atomic E-state index is 12.1. The molecule has 2 fully saturated rings. The third kappa shape index (κ3) is 1.52. The molecule has 1 spiro atoms. The number of rotatable bonds is 1. The lowest BCUT2D eigenvalue weighted by Crippen LogP contribution is -2.48. The van der Waals surface area contributed by atoms with Crippen LogP contribution in [-0.2, 0) is 9.53 Å². The number of fused-ring (bicyclic) bond motifs is 3. The average Bonchev–Trinajstić information content (AvgIpc) is 3.03. The number of carbonyl (C=O) groups is 1. The molecule has 2 saturated heterocycles. The molecule has 4 aliphatic rings. The summed E-state index contributed by atoms with van der Waals surface area (Å²) >= 11 is 0. The number of hydrogen-bond acceptors (Lipinski definition) is 3. The Labute approximate surface area is 130 Å². The third-order valence-corrected chi connectivity index (χ3v) is 5.76. The third-order valence-electron chi connectivity index (χ3n) is 5.76. The lowest BCUT2D eigenvalue weighted by atomic mass is 9.75. The fourth-order valence-corrected chi connectivity index (χ4v) is 4.93. The highest BCUT2D eigenvalue weighted by Gasteiger charge is 2.61. The van der Waals surface area contributed by atoms with Gasteiger partial charge in [-0.05, 0) is 30.5 Å². The van der Waals surface area contributed by atoms with Crippen molar-refractivity contribution in [1.82, 2.24) is 4.90 Å². The Kier molecular flexibility index (Phi) is 2.49. The minimum absolute atomic E-state index is 0.162. The van der Waals surface area contributed by atoms with Gasteiger partial charge in [-0.25, -0.2) is 4.79 Å². The molecule has 2 bridgehead atoms. The number of hydrogen-bond donors (Lipinski definition) is 0. The monoisotopic (exact) mass is 293 g/mol. The van der Waals surface area contributed by atoms with Crippen LogP contribution in [0.5, 0.6) is 0 Å². The van der Waals surface area contributed by atoms with Crippen LogP contribution in [0.1, 0.15) is 31.2 Å². The van der Waals surface area contributed by atoms with Crippen LogP contribution in [0.4, 0.5) is 0 Å². The predicted octanol–water partition coefficient (Wildman–Crippen LogP) is 2.93. The van der Waals surface area contributed by atoms with E-state index in [1.807, 2.05) is 6.07 Å². The highest BCUT2D eigenvalue weighted by molar-refractivity contribution is 5.97. The topological polar surface area (TPSA) is 29.5 Å². The molecule has 0 N–H and O–H groups in total. The van der Waals surface area contributed by atoms with Crippen molar-refractivity contribution in [2.24, 2.45) is 0 Å². The first kappa shape index (κ1) is 12.7. The van der Waals surface area contributed by atoms with Crippen LogP contribution in [0.3, 0.4) is 0 Å². The molecule has 3 nitrogen and oxygen atoms in total. The number of benzene rings is 1. The van der Waals surface area contributed by atoms with E-state index < -0.39 is 0 Å². The second-order valence-electron chi connectivity index (χ2n) is 6.84. The summed E-state index contributed by atoms with van der Waals surface area (Å²) in [4.78, 5) is 14.7. The molecule has 1 aliphatic carbocycles. The Hall–Kier alpha value is -1.87. The number of piperidine rings is 1. The smallest absolute Gasteiger partial charge is 0.332 e. The van der Waals surface area contributed by atoms with Crippen LogP contribution in [-0.4, -0.2) is 35.1 Å². The lowest BCUT2D eigenvalue weighted by Gasteiger charge is -2.38. The van der Waals surface area contributed by atoms with E-state index in [0.29, 0.717) is 12.1 Å². The van der Waals surface area contributed by atoms with E-state index in [4.69, 9.17) is 4.74 Å². The summed E-state index contributed by atoms with van der Waals surface area (Å²) in [5, 5.41) is 0. The standard InChI is InChI=1S/C19H19NO2/c21-18-11-16-15(13-6-2-1-3-7-13)10-14-12-19(16,22-18)17-8-4-5-9-20(14)17/h1-3,6-7,10-11,14,17H,4-5,8-9,12H2. The van der Waals surface area contributed by atoms with E-state index in [9.17, 15) is 4.79 Å². The Morgan fingerprint density at radius 3 is 2.91 bits per heavy atom. The van der Waals surface area contributed by atoms with Gasteiger partial charge in [0.15, 0.2) is 5.60 Å². The van der Waals surface area contributed by atoms with Gasteiger partial charge in [-0.15, -0.1) is 0 Å². The van der Waals surface area contributed by atoms with Crippen molar-refractivity contribution < 1.29 is 9.53 Å². The number of esters is 1. The van der Waals surface area contributed by atoms with Crippen LogP contribution in [0.2, 0.25) is 0 Å². The average molecular weight is 293 g/mol. The minimum atomic E-state index is -0.387. The number of carbonyl (C=O) groups excluding carboxylic acids is 1. The minimum Gasteiger partial charge on any atom is -0.449 e. The van der Waals surface area contributed by atoms with Crippen LogP contribution in [0.25, 0.3) is 5.57 Å². The van der Waals surface area contributed by atoms with Crippen molar-refractivity contribution in [3.8, 4) is 0 Å². The second-order valence-corrected chi connectivity index (χ2v) is 6.84. The van der Waals surface area contributed by atoms with E-state index in [1.54, 1.807) is 6.08 Å². The predicted molar refractivity (Wildman–Crippen MR) is 84.1 cm³/mol. The zero-order valence-electron chi connectivity index (χ0n) is 12.5. The van der Waals surface area contributed by atoms with Crippen molar-refractivity contribution in [1.29, 1.82) is 0 Å². The van der Waals surface area contributed by atoms with E-state index >= 15 is 0 Å². The Morgan fingerprint density at radius 1 is 1.18 bits per heavy atom. The van der Waals surface area contributed by atoms with Gasteiger partial charge in [0, 0.05) is 24.1 Å². The van der Waals surface area contributed by atoms with Crippen LogP contribution in [0.15, 0.2) is 48.1 Å². The first-order valence-electron chi connectivity index (χ1n) is 8.26. The van der Waals surface area contributed by atoms with E-state index in [-0.39, 0.29) is 11.6 Å². The SMILES string of the molecule is O=C1C=C2C(c3ccccc3)=CC3CC2(O1)C1CCCCN31. The summed E-state index contributed by atoms with van der Waals surface area (Å²) in [5.41, 5.74) is 3.13. The molecular formula is C19H19NO2. The Morgan fingerprint density at radius 2 is 2.05 bits per heavy atom. The molecule has 0 saturated carbocycles. The summed E-state index contributed by atoms with van der Waals surface area (Å²) in [5.74, 6) is -0.162. The summed E-state index contributed by atoms with van der Waals surface area (Å²) in [6.45, 7) is 1.13. The number of nitrogens with zero attached hydrogens (tertiary/aromatic N) is 1. The maximum Gasteiger partial charge on any atom is 0.332 e. The largest absolute Gasteiger partial charge is 0.449 e. The van der Waals surface area contributed by atoms with Gasteiger partial charge in [-0.3, -0.25) is 4.90 Å². The van der Waals surface area contributed by atoms with Gasteiger partial charge in [0.1, 0.15) is 0 Å². The van der Waals surface area contributed by atoms with Gasteiger partial charge in [-0.1, -0.05) is 42.8 Å². The van der Waals surface area contributed by atoms with Crippen molar-refractivity contribution >= 4 is 11.5 Å². The van der Waals surface area contributed by atoms with Gasteiger partial charge in [0.2, 0.25) is 0 Å². The molecule has 112 valence electrons. The Bertz CT molecular complexity index is 705. The highest BCUT2D eigenvalue weighted by atomic mass is 16.6. The van der Waals surface area contributed by atoms with Gasteiger partial charge >= 0.3 is 5.97 Å². The molecule has 22 heavy (non-hydrogen) atoms. The zero-order chi connectivity index (χ0) is 14.7. The molecule has 0 aromatic heterocycles. The fraction of sp³-hybridized carbons (Fsp3) is 0.421. The van der Waals surface area contributed by atoms with Gasteiger partial charge in [0.25, 0.3) is 0 Å². The van der Waals surface area contributed by atoms with Crippen molar-refractivity contribution in [3.05, 3.63) is 53.6 Å². The van der Waals surface area contributed by atoms with Crippen molar-refractivity contribution in [2.45, 2.75) is 43.4 Å². The molecule has 5 rings (SSSR count). The molecule has 3 heteroatoms.